The van der Waals surface area contributed by atoms with Crippen LogP contribution in [0.1, 0.15) is 22.5 Å². The smallest absolute Gasteiger partial charge is 0.119 e. The van der Waals surface area contributed by atoms with E-state index in [9.17, 15) is 0 Å². The highest BCUT2D eigenvalue weighted by atomic mass is 16.5. The minimum Gasteiger partial charge on any atom is -0.497 e. The van der Waals surface area contributed by atoms with Gasteiger partial charge in [-0.25, -0.2) is 0 Å². The van der Waals surface area contributed by atoms with E-state index in [0.29, 0.717) is 0 Å². The molecule has 2 heterocycles. The van der Waals surface area contributed by atoms with Crippen LogP contribution < -0.4 is 9.47 Å². The van der Waals surface area contributed by atoms with Crippen LogP contribution in [0.5, 0.6) is 11.5 Å². The van der Waals surface area contributed by atoms with Gasteiger partial charge in [0.1, 0.15) is 11.5 Å². The number of hydrogen-bond donors (Lipinski definition) is 0. The second-order valence-electron chi connectivity index (χ2n) is 7.19. The maximum Gasteiger partial charge on any atom is 0.119 e. The van der Waals surface area contributed by atoms with Crippen LogP contribution in [-0.4, -0.2) is 23.4 Å². The van der Waals surface area contributed by atoms with Crippen molar-refractivity contribution in [2.45, 2.75) is 20.3 Å². The van der Waals surface area contributed by atoms with E-state index in [1.54, 1.807) is 14.2 Å². The number of fused-ring (bicyclic) bond motifs is 2. The van der Waals surface area contributed by atoms with E-state index in [1.165, 1.54) is 44.3 Å². The molecule has 4 nitrogen and oxygen atoms in total. The topological polar surface area (TPSA) is 28.3 Å². The van der Waals surface area contributed by atoms with Gasteiger partial charge in [-0.3, -0.25) is 0 Å². The number of methoxy groups -OCH3 is 2. The Bertz CT molecular complexity index is 1070. The molecule has 140 valence electrons. The Labute approximate surface area is 159 Å². The molecule has 4 heteroatoms. The molecule has 0 saturated carbocycles. The molecule has 0 spiro atoms. The third-order valence-corrected chi connectivity index (χ3v) is 6.01. The number of aromatic nitrogens is 2. The van der Waals surface area contributed by atoms with E-state index in [0.717, 1.165) is 17.9 Å². The number of rotatable bonds is 4. The van der Waals surface area contributed by atoms with Crippen molar-refractivity contribution in [1.82, 2.24) is 9.13 Å². The van der Waals surface area contributed by atoms with Crippen LogP contribution in [0, 0.1) is 13.8 Å². The summed E-state index contributed by atoms with van der Waals surface area (Å²) in [6, 6.07) is 12.6. The number of benzene rings is 2. The maximum absolute atomic E-state index is 5.48. The lowest BCUT2D eigenvalue weighted by Gasteiger charge is -2.06. The predicted molar refractivity (Wildman–Crippen MR) is 111 cm³/mol. The molecule has 2 aromatic heterocycles. The molecular weight excluding hydrogens is 336 g/mol. The van der Waals surface area contributed by atoms with Crippen LogP contribution in [0.4, 0.5) is 0 Å². The van der Waals surface area contributed by atoms with Crippen LogP contribution >= 0.6 is 0 Å². The minimum absolute atomic E-state index is 0.882. The molecule has 0 bridgehead atoms. The monoisotopic (exact) mass is 362 g/mol. The zero-order chi connectivity index (χ0) is 19.3. The van der Waals surface area contributed by atoms with Gasteiger partial charge < -0.3 is 18.6 Å². The highest BCUT2D eigenvalue weighted by Gasteiger charge is 2.18. The van der Waals surface area contributed by atoms with Gasteiger partial charge >= 0.3 is 0 Å². The predicted octanol–water partition coefficient (Wildman–Crippen LogP) is 4.89. The van der Waals surface area contributed by atoms with Crippen LogP contribution in [0.2, 0.25) is 0 Å². The lowest BCUT2D eigenvalue weighted by molar-refractivity contribution is 0.415. The number of nitrogens with zero attached hydrogens (tertiary/aromatic N) is 2. The first-order valence-electron chi connectivity index (χ1n) is 9.20. The summed E-state index contributed by atoms with van der Waals surface area (Å²) >= 11 is 0. The molecule has 27 heavy (non-hydrogen) atoms. The molecule has 0 amide bonds. The summed E-state index contributed by atoms with van der Waals surface area (Å²) in [5.41, 5.74) is 7.75. The molecule has 0 N–H and O–H groups in total. The second kappa shape index (κ2) is 6.38. The van der Waals surface area contributed by atoms with Crippen molar-refractivity contribution in [2.75, 3.05) is 14.2 Å². The largest absolute Gasteiger partial charge is 0.497 e. The summed E-state index contributed by atoms with van der Waals surface area (Å²) in [6.07, 6.45) is 0.882. The lowest BCUT2D eigenvalue weighted by Crippen LogP contribution is -1.96. The molecule has 0 aliphatic rings. The minimum atomic E-state index is 0.882. The van der Waals surface area contributed by atoms with Gasteiger partial charge in [-0.2, -0.15) is 0 Å². The summed E-state index contributed by atoms with van der Waals surface area (Å²) in [6.45, 7) is 4.39. The zero-order valence-corrected chi connectivity index (χ0v) is 16.9. The Balaban J connectivity index is 1.95. The van der Waals surface area contributed by atoms with E-state index >= 15 is 0 Å². The van der Waals surface area contributed by atoms with Gasteiger partial charge in [0.2, 0.25) is 0 Å². The van der Waals surface area contributed by atoms with Crippen molar-refractivity contribution in [3.8, 4) is 11.5 Å². The number of ether oxygens (including phenoxy) is 2. The zero-order valence-electron chi connectivity index (χ0n) is 16.9. The van der Waals surface area contributed by atoms with Crippen LogP contribution in [0.25, 0.3) is 21.8 Å². The Morgan fingerprint density at radius 3 is 1.48 bits per heavy atom. The third kappa shape index (κ3) is 2.59. The van der Waals surface area contributed by atoms with Gasteiger partial charge in [0.25, 0.3) is 0 Å². The quantitative estimate of drug-likeness (QED) is 0.517. The van der Waals surface area contributed by atoms with Gasteiger partial charge in [0.15, 0.2) is 0 Å². The molecule has 4 aromatic rings. The van der Waals surface area contributed by atoms with Crippen molar-refractivity contribution < 1.29 is 9.47 Å². The van der Waals surface area contributed by atoms with E-state index in [4.69, 9.17) is 9.47 Å². The van der Waals surface area contributed by atoms with Crippen LogP contribution in [-0.2, 0) is 20.5 Å². The maximum atomic E-state index is 5.48. The fourth-order valence-electron chi connectivity index (χ4n) is 4.13. The summed E-state index contributed by atoms with van der Waals surface area (Å²) in [4.78, 5) is 0. The molecule has 2 aromatic carbocycles. The van der Waals surface area contributed by atoms with Crippen molar-refractivity contribution in [1.29, 1.82) is 0 Å². The second-order valence-corrected chi connectivity index (χ2v) is 7.19. The van der Waals surface area contributed by atoms with Gasteiger partial charge in [-0.05, 0) is 61.4 Å². The Kier molecular flexibility index (Phi) is 4.14. The van der Waals surface area contributed by atoms with Crippen molar-refractivity contribution in [3.63, 3.8) is 0 Å². The van der Waals surface area contributed by atoms with Crippen LogP contribution in [0.3, 0.4) is 0 Å². The van der Waals surface area contributed by atoms with E-state index in [2.05, 4.69) is 61.3 Å². The molecule has 0 saturated heterocycles. The van der Waals surface area contributed by atoms with E-state index < -0.39 is 0 Å². The van der Waals surface area contributed by atoms with E-state index in [1.807, 2.05) is 12.1 Å². The van der Waals surface area contributed by atoms with Crippen molar-refractivity contribution in [3.05, 3.63) is 58.9 Å². The first-order chi connectivity index (χ1) is 13.0. The highest BCUT2D eigenvalue weighted by molar-refractivity contribution is 5.90. The first kappa shape index (κ1) is 17.5. The molecule has 0 atom stereocenters. The first-order valence-corrected chi connectivity index (χ1v) is 9.20. The fraction of sp³-hybridized carbons (Fsp3) is 0.304. The molecule has 0 fully saturated rings. The van der Waals surface area contributed by atoms with Gasteiger partial charge in [0.05, 0.1) is 14.2 Å². The van der Waals surface area contributed by atoms with Crippen LogP contribution in [0.15, 0.2) is 36.4 Å². The highest BCUT2D eigenvalue weighted by Crippen LogP contribution is 2.35. The molecule has 0 aliphatic heterocycles. The molecule has 0 radical (unpaired) electrons. The lowest BCUT2D eigenvalue weighted by atomic mass is 9.99. The molecule has 0 aliphatic carbocycles. The third-order valence-electron chi connectivity index (χ3n) is 6.01. The summed E-state index contributed by atoms with van der Waals surface area (Å²) in [7, 11) is 7.70. The number of hydrogen-bond acceptors (Lipinski definition) is 2. The van der Waals surface area contributed by atoms with Gasteiger partial charge in [0, 0.05) is 53.7 Å². The average molecular weight is 362 g/mol. The molecule has 4 rings (SSSR count). The molecular formula is C23H26N2O2. The standard InChI is InChI=1S/C23H26N2O2/c1-14-18(20-11-16(26-5)7-9-22(20)24(14)3)13-19-15(2)25(4)23-10-8-17(27-6)12-21(19)23/h7-12H,13H2,1-6H3. The van der Waals surface area contributed by atoms with E-state index in [-0.39, 0.29) is 0 Å². The Morgan fingerprint density at radius 2 is 1.11 bits per heavy atom. The molecule has 0 unspecified atom stereocenters. The van der Waals surface area contributed by atoms with Gasteiger partial charge in [-0.1, -0.05) is 0 Å². The fourth-order valence-corrected chi connectivity index (χ4v) is 4.13. The Morgan fingerprint density at radius 1 is 0.704 bits per heavy atom. The number of aryl methyl sites for hydroxylation is 2. The normalized spacial score (nSPS) is 11.5. The van der Waals surface area contributed by atoms with Crippen molar-refractivity contribution in [2.24, 2.45) is 14.1 Å². The Hall–Kier alpha value is -2.88. The summed E-state index contributed by atoms with van der Waals surface area (Å²) < 4.78 is 15.5. The van der Waals surface area contributed by atoms with Crippen molar-refractivity contribution >= 4 is 21.8 Å². The van der Waals surface area contributed by atoms with Gasteiger partial charge in [-0.15, -0.1) is 0 Å². The summed E-state index contributed by atoms with van der Waals surface area (Å²) in [5, 5.41) is 2.52. The average Bonchev–Trinajstić information content (AvgIpc) is 3.07. The SMILES string of the molecule is COc1ccc2c(c1)c(Cc1c(C)n(C)c3ccc(OC)cc13)c(C)n2C. The summed E-state index contributed by atoms with van der Waals surface area (Å²) in [5.74, 6) is 1.79.